The fourth-order valence-electron chi connectivity index (χ4n) is 4.55. The van der Waals surface area contributed by atoms with Gasteiger partial charge in [-0.15, -0.1) is 0 Å². The average Bonchev–Trinajstić information content (AvgIpc) is 3.39. The second kappa shape index (κ2) is 9.91. The highest BCUT2D eigenvalue weighted by atomic mass is 16.5. The number of Topliss-reactive ketones (excluding diaryl/α,β-unsaturated/α-hetero) is 1. The molecule has 0 unspecified atom stereocenters. The van der Waals surface area contributed by atoms with Crippen LogP contribution in [0.15, 0.2) is 24.4 Å². The third kappa shape index (κ3) is 4.67. The summed E-state index contributed by atoms with van der Waals surface area (Å²) in [6, 6.07) is 4.71. The van der Waals surface area contributed by atoms with Gasteiger partial charge < -0.3 is 24.3 Å². The smallest absolute Gasteiger partial charge is 0.407 e. The summed E-state index contributed by atoms with van der Waals surface area (Å²) in [7, 11) is 5.06. The van der Waals surface area contributed by atoms with Crippen molar-refractivity contribution in [3.63, 3.8) is 0 Å². The van der Waals surface area contributed by atoms with E-state index in [1.807, 2.05) is 37.8 Å². The number of ketones is 1. The number of fused-ring (bicyclic) bond motifs is 1. The summed E-state index contributed by atoms with van der Waals surface area (Å²) >= 11 is 0. The van der Waals surface area contributed by atoms with Crippen molar-refractivity contribution in [3.8, 4) is 0 Å². The molecule has 1 N–H and O–H groups in total. The molecular formula is C24H32BN3O6. The van der Waals surface area contributed by atoms with Crippen LogP contribution in [0, 0.1) is 5.92 Å². The van der Waals surface area contributed by atoms with Gasteiger partial charge in [-0.05, 0) is 43.2 Å². The summed E-state index contributed by atoms with van der Waals surface area (Å²) in [5.41, 5.74) is 1.10. The first-order valence-electron chi connectivity index (χ1n) is 11.4. The molecule has 0 saturated carbocycles. The van der Waals surface area contributed by atoms with Gasteiger partial charge in [0, 0.05) is 25.4 Å². The van der Waals surface area contributed by atoms with Gasteiger partial charge in [-0.1, -0.05) is 25.4 Å². The number of aryl methyl sites for hydroxylation is 1. The number of alkyl carbamates (subject to hydrolysis) is 1. The summed E-state index contributed by atoms with van der Waals surface area (Å²) in [5, 5.41) is 3.52. The second-order valence-corrected chi connectivity index (χ2v) is 9.34. The van der Waals surface area contributed by atoms with Gasteiger partial charge in [-0.3, -0.25) is 9.59 Å². The number of nitrogens with one attached hydrogen (secondary N) is 1. The number of aromatic nitrogens is 1. The van der Waals surface area contributed by atoms with Crippen LogP contribution in [0.4, 0.5) is 4.79 Å². The Hall–Kier alpha value is -3.30. The van der Waals surface area contributed by atoms with Crippen molar-refractivity contribution in [3.05, 3.63) is 30.0 Å². The topological polar surface area (TPSA) is 107 Å². The lowest BCUT2D eigenvalue weighted by Gasteiger charge is -2.36. The maximum absolute atomic E-state index is 13.3. The summed E-state index contributed by atoms with van der Waals surface area (Å²) in [4.78, 5) is 52.6. The molecule has 3 rings (SSSR count). The molecule has 0 bridgehead atoms. The van der Waals surface area contributed by atoms with E-state index < -0.39 is 30.3 Å². The van der Waals surface area contributed by atoms with Crippen molar-refractivity contribution in [2.45, 2.75) is 45.2 Å². The highest BCUT2D eigenvalue weighted by Crippen LogP contribution is 2.32. The number of likely N-dealkylation sites (tertiary alicyclic amines) is 1. The Labute approximate surface area is 200 Å². The summed E-state index contributed by atoms with van der Waals surface area (Å²) in [5.74, 6) is -1.55. The minimum Gasteiger partial charge on any atom is -0.456 e. The predicted molar refractivity (Wildman–Crippen MR) is 130 cm³/mol. The molecule has 34 heavy (non-hydrogen) atoms. The first kappa shape index (κ1) is 25.3. The van der Waals surface area contributed by atoms with Crippen molar-refractivity contribution >= 4 is 48.0 Å². The number of amides is 2. The molecular weight excluding hydrogens is 437 g/mol. The van der Waals surface area contributed by atoms with Crippen molar-refractivity contribution in [1.29, 1.82) is 0 Å². The number of carbonyl (C=O) groups is 4. The Morgan fingerprint density at radius 3 is 2.56 bits per heavy atom. The van der Waals surface area contributed by atoms with E-state index in [9.17, 15) is 19.2 Å². The molecule has 1 aromatic heterocycles. The van der Waals surface area contributed by atoms with Crippen molar-refractivity contribution in [1.82, 2.24) is 14.8 Å². The molecule has 2 aromatic rings. The van der Waals surface area contributed by atoms with Gasteiger partial charge in [0.2, 0.25) is 11.7 Å². The van der Waals surface area contributed by atoms with Crippen LogP contribution < -0.4 is 10.8 Å². The number of esters is 1. The highest BCUT2D eigenvalue weighted by molar-refractivity contribution is 6.39. The number of methoxy groups -OCH3 is 1. The Balaban J connectivity index is 1.75. The number of hydrogen-bond donors (Lipinski definition) is 1. The summed E-state index contributed by atoms with van der Waals surface area (Å²) in [6.45, 7) is 5.17. The first-order chi connectivity index (χ1) is 16.0. The van der Waals surface area contributed by atoms with Crippen molar-refractivity contribution < 1.29 is 28.7 Å². The number of nitrogens with zero attached hydrogens (tertiary/aromatic N) is 2. The van der Waals surface area contributed by atoms with Gasteiger partial charge in [0.25, 0.3) is 0 Å². The van der Waals surface area contributed by atoms with E-state index >= 15 is 0 Å². The van der Waals surface area contributed by atoms with E-state index in [2.05, 4.69) is 10.1 Å². The standard InChI is InChI=1S/C24H32BN3O6/c1-14(2)19(26-23(32)33-5)21(30)28-11-6-10-24(28,3)22(31)34-13-18(29)16-7-8-17(25)15-9-12-27(4)20(15)16/h7-9,12,14,19H,6,10-11,13,25H2,1-5H3,(H,26,32)/t19-,24-/m0/s1. The third-order valence-corrected chi connectivity index (χ3v) is 6.63. The third-order valence-electron chi connectivity index (χ3n) is 6.63. The van der Waals surface area contributed by atoms with Crippen LogP contribution in [0.2, 0.25) is 0 Å². The van der Waals surface area contributed by atoms with Crippen LogP contribution in [-0.4, -0.2) is 72.9 Å². The molecule has 1 aliphatic heterocycles. The summed E-state index contributed by atoms with van der Waals surface area (Å²) in [6.07, 6.45) is 2.18. The molecule has 1 saturated heterocycles. The Kier molecular flexibility index (Phi) is 7.38. The van der Waals surface area contributed by atoms with Gasteiger partial charge in [0.1, 0.15) is 19.4 Å². The van der Waals surface area contributed by atoms with Crippen LogP contribution in [0.25, 0.3) is 10.9 Å². The highest BCUT2D eigenvalue weighted by Gasteiger charge is 2.49. The molecule has 9 nitrogen and oxygen atoms in total. The Morgan fingerprint density at radius 1 is 1.21 bits per heavy atom. The molecule has 2 atom stereocenters. The van der Waals surface area contributed by atoms with E-state index in [0.717, 1.165) is 16.4 Å². The Morgan fingerprint density at radius 2 is 1.91 bits per heavy atom. The van der Waals surface area contributed by atoms with Gasteiger partial charge in [0.05, 0.1) is 12.6 Å². The largest absolute Gasteiger partial charge is 0.456 e. The van der Waals surface area contributed by atoms with Gasteiger partial charge in [-0.2, -0.15) is 0 Å². The monoisotopic (exact) mass is 469 g/mol. The fourth-order valence-corrected chi connectivity index (χ4v) is 4.55. The van der Waals surface area contributed by atoms with Crippen LogP contribution in [0.3, 0.4) is 0 Å². The normalized spacial score (nSPS) is 18.7. The number of benzene rings is 1. The molecule has 0 spiro atoms. The minimum atomic E-state index is -1.23. The molecule has 2 amide bonds. The van der Waals surface area contributed by atoms with E-state index in [-0.39, 0.29) is 17.6 Å². The number of hydrogen-bond acceptors (Lipinski definition) is 6. The molecule has 1 aromatic carbocycles. The van der Waals surface area contributed by atoms with Gasteiger partial charge in [0.15, 0.2) is 6.61 Å². The second-order valence-electron chi connectivity index (χ2n) is 9.34. The first-order valence-corrected chi connectivity index (χ1v) is 11.4. The van der Waals surface area contributed by atoms with Crippen LogP contribution >= 0.6 is 0 Å². The molecule has 10 heteroatoms. The maximum atomic E-state index is 13.3. The Bertz CT molecular complexity index is 1130. The van der Waals surface area contributed by atoms with Crippen molar-refractivity contribution in [2.24, 2.45) is 13.0 Å². The van der Waals surface area contributed by atoms with Crippen molar-refractivity contribution in [2.75, 3.05) is 20.3 Å². The predicted octanol–water partition coefficient (Wildman–Crippen LogP) is 0.924. The lowest BCUT2D eigenvalue weighted by molar-refractivity contribution is -0.160. The SMILES string of the molecule is Bc1ccc(C(=O)COC(=O)[C@]2(C)CCCN2C(=O)[C@@H](NC(=O)OC)C(C)C)c2c1ccn2C. The van der Waals surface area contributed by atoms with E-state index in [1.54, 1.807) is 26.8 Å². The quantitative estimate of drug-likeness (QED) is 0.367. The zero-order chi connectivity index (χ0) is 25.2. The van der Waals surface area contributed by atoms with Crippen LogP contribution in [-0.2, 0) is 26.1 Å². The zero-order valence-electron chi connectivity index (χ0n) is 20.6. The van der Waals surface area contributed by atoms with Crippen LogP contribution in [0.1, 0.15) is 44.0 Å². The van der Waals surface area contributed by atoms with Gasteiger partial charge >= 0.3 is 12.1 Å². The molecule has 0 aliphatic carbocycles. The number of ether oxygens (including phenoxy) is 2. The lowest BCUT2D eigenvalue weighted by atomic mass is 9.90. The van der Waals surface area contributed by atoms with E-state index in [4.69, 9.17) is 4.74 Å². The molecule has 1 aliphatic rings. The molecule has 0 radical (unpaired) electrons. The number of carbonyl (C=O) groups excluding carboxylic acids is 4. The molecule has 1 fully saturated rings. The van der Waals surface area contributed by atoms with E-state index in [1.165, 1.54) is 12.0 Å². The maximum Gasteiger partial charge on any atom is 0.407 e. The molecule has 182 valence electrons. The van der Waals surface area contributed by atoms with Gasteiger partial charge in [-0.25, -0.2) is 9.59 Å². The zero-order valence-corrected chi connectivity index (χ0v) is 20.6. The van der Waals surface area contributed by atoms with Crippen LogP contribution in [0.5, 0.6) is 0 Å². The van der Waals surface area contributed by atoms with E-state index in [0.29, 0.717) is 24.9 Å². The lowest BCUT2D eigenvalue weighted by Crippen LogP contribution is -2.58. The molecule has 2 heterocycles. The number of rotatable bonds is 7. The summed E-state index contributed by atoms with van der Waals surface area (Å²) < 4.78 is 12.0. The minimum absolute atomic E-state index is 0.219. The fraction of sp³-hybridized carbons (Fsp3) is 0.500. The average molecular weight is 469 g/mol.